The molecule has 2 aromatic heterocycles. The van der Waals surface area contributed by atoms with Crippen molar-refractivity contribution in [2.24, 2.45) is 0 Å². The van der Waals surface area contributed by atoms with Crippen molar-refractivity contribution in [3.8, 4) is 27.6 Å². The number of anilines is 1. The van der Waals surface area contributed by atoms with Crippen LogP contribution >= 0.6 is 22.7 Å². The molecule has 0 unspecified atom stereocenters. The molecule has 0 saturated carbocycles. The van der Waals surface area contributed by atoms with Gasteiger partial charge in [0.1, 0.15) is 16.5 Å². The van der Waals surface area contributed by atoms with Crippen molar-refractivity contribution in [2.45, 2.75) is 0 Å². The maximum Gasteiger partial charge on any atom is 0.279 e. The van der Waals surface area contributed by atoms with Gasteiger partial charge in [0.25, 0.3) is 5.91 Å². The van der Waals surface area contributed by atoms with Crippen LogP contribution in [-0.4, -0.2) is 29.5 Å². The minimum Gasteiger partial charge on any atom is -0.496 e. The van der Waals surface area contributed by atoms with E-state index in [0.29, 0.717) is 17.4 Å². The lowest BCUT2D eigenvalue weighted by molar-refractivity contribution is 0.0985. The largest absolute Gasteiger partial charge is 0.496 e. The van der Waals surface area contributed by atoms with E-state index in [0.717, 1.165) is 27.6 Å². The zero-order chi connectivity index (χ0) is 20.9. The topological polar surface area (TPSA) is 55.3 Å². The molecular weight excluding hydrogens is 414 g/mol. The number of amides is 1. The first kappa shape index (κ1) is 20.0. The summed E-state index contributed by atoms with van der Waals surface area (Å²) in [6.07, 6.45) is 1.69. The van der Waals surface area contributed by atoms with Crippen LogP contribution in [0.2, 0.25) is 0 Å². The first-order valence-corrected chi connectivity index (χ1v) is 11.0. The fourth-order valence-electron chi connectivity index (χ4n) is 2.96. The molecule has 2 aromatic carbocycles. The van der Waals surface area contributed by atoms with Crippen LogP contribution in [0.3, 0.4) is 0 Å². The van der Waals surface area contributed by atoms with E-state index in [1.165, 1.54) is 22.7 Å². The summed E-state index contributed by atoms with van der Waals surface area (Å²) in [5, 5.41) is 5.07. The Labute approximate surface area is 182 Å². The molecule has 1 amide bonds. The Morgan fingerprint density at radius 3 is 2.60 bits per heavy atom. The number of benzene rings is 2. The van der Waals surface area contributed by atoms with Gasteiger partial charge in [0.15, 0.2) is 5.13 Å². The molecule has 0 bridgehead atoms. The summed E-state index contributed by atoms with van der Waals surface area (Å²) in [6.45, 7) is 4.14. The number of methoxy groups -OCH3 is 1. The molecular formula is C23H19N3O2S2. The third kappa shape index (κ3) is 4.03. The van der Waals surface area contributed by atoms with Gasteiger partial charge in [0, 0.05) is 22.9 Å². The lowest BCUT2D eigenvalue weighted by Gasteiger charge is -2.16. The van der Waals surface area contributed by atoms with Gasteiger partial charge < -0.3 is 4.74 Å². The number of hydrogen-bond donors (Lipinski definition) is 0. The Balaban J connectivity index is 1.63. The van der Waals surface area contributed by atoms with Gasteiger partial charge in [0.2, 0.25) is 0 Å². The zero-order valence-corrected chi connectivity index (χ0v) is 18.0. The number of nitrogens with zero attached hydrogens (tertiary/aromatic N) is 3. The van der Waals surface area contributed by atoms with Crippen LogP contribution in [0, 0.1) is 0 Å². The third-order valence-electron chi connectivity index (χ3n) is 4.41. The highest BCUT2D eigenvalue weighted by atomic mass is 32.1. The monoisotopic (exact) mass is 433 g/mol. The van der Waals surface area contributed by atoms with E-state index < -0.39 is 0 Å². The van der Waals surface area contributed by atoms with Crippen molar-refractivity contribution in [1.29, 1.82) is 0 Å². The number of hydrogen-bond acceptors (Lipinski definition) is 6. The molecule has 4 rings (SSSR count). The molecule has 2 heterocycles. The first-order valence-electron chi connectivity index (χ1n) is 9.24. The summed E-state index contributed by atoms with van der Waals surface area (Å²) in [4.78, 5) is 24.1. The number of rotatable bonds is 7. The molecule has 0 spiro atoms. The van der Waals surface area contributed by atoms with E-state index in [1.54, 1.807) is 23.5 Å². The van der Waals surface area contributed by atoms with E-state index in [2.05, 4.69) is 16.5 Å². The molecule has 0 saturated heterocycles. The van der Waals surface area contributed by atoms with Gasteiger partial charge in [-0.3, -0.25) is 9.69 Å². The number of thiazole rings is 2. The number of para-hydroxylation sites is 1. The van der Waals surface area contributed by atoms with Crippen LogP contribution in [0.25, 0.3) is 21.8 Å². The average molecular weight is 434 g/mol. The molecule has 150 valence electrons. The molecule has 0 aliphatic heterocycles. The van der Waals surface area contributed by atoms with Crippen LogP contribution in [0.4, 0.5) is 5.13 Å². The smallest absolute Gasteiger partial charge is 0.279 e. The molecule has 0 N–H and O–H groups in total. The number of aromatic nitrogens is 2. The molecule has 30 heavy (non-hydrogen) atoms. The molecule has 5 nitrogen and oxygen atoms in total. The van der Waals surface area contributed by atoms with E-state index in [4.69, 9.17) is 4.74 Å². The molecule has 4 aromatic rings. The average Bonchev–Trinajstić information content (AvgIpc) is 3.48. The normalized spacial score (nSPS) is 10.6. The van der Waals surface area contributed by atoms with Gasteiger partial charge >= 0.3 is 0 Å². The van der Waals surface area contributed by atoms with Crippen molar-refractivity contribution in [3.05, 3.63) is 83.7 Å². The second-order valence-corrected chi connectivity index (χ2v) is 8.02. The summed E-state index contributed by atoms with van der Waals surface area (Å²) in [6, 6.07) is 17.5. The van der Waals surface area contributed by atoms with Crippen molar-refractivity contribution in [1.82, 2.24) is 9.97 Å². The highest BCUT2D eigenvalue weighted by molar-refractivity contribution is 7.14. The Hall–Kier alpha value is -3.29. The minimum atomic E-state index is -0.207. The molecule has 0 radical (unpaired) electrons. The number of carbonyl (C=O) groups is 1. The predicted octanol–water partition coefficient (Wildman–Crippen LogP) is 5.78. The van der Waals surface area contributed by atoms with Gasteiger partial charge in [-0.05, 0) is 12.1 Å². The van der Waals surface area contributed by atoms with Gasteiger partial charge in [0.05, 0.1) is 18.4 Å². The SMILES string of the molecule is C=CCN(C(=O)c1csc(-c2ccccc2OC)n1)c1nc(-c2ccccc2)cs1. The Bertz CT molecular complexity index is 1170. The lowest BCUT2D eigenvalue weighted by Crippen LogP contribution is -2.31. The number of carbonyl (C=O) groups excluding carboxylic acids is 1. The van der Waals surface area contributed by atoms with E-state index >= 15 is 0 Å². The van der Waals surface area contributed by atoms with E-state index in [9.17, 15) is 4.79 Å². The fourth-order valence-corrected chi connectivity index (χ4v) is 4.63. The van der Waals surface area contributed by atoms with Crippen molar-refractivity contribution < 1.29 is 9.53 Å². The summed E-state index contributed by atoms with van der Waals surface area (Å²) in [7, 11) is 1.62. The zero-order valence-electron chi connectivity index (χ0n) is 16.3. The standard InChI is InChI=1S/C23H19N3O2S2/c1-3-13-26(23-25-18(14-30-23)16-9-5-4-6-10-16)22(27)19-15-29-21(24-19)17-11-7-8-12-20(17)28-2/h3-12,14-15H,1,13H2,2H3. The fraction of sp³-hybridized carbons (Fsp3) is 0.0870. The maximum absolute atomic E-state index is 13.2. The lowest BCUT2D eigenvalue weighted by atomic mass is 10.2. The van der Waals surface area contributed by atoms with E-state index in [-0.39, 0.29) is 5.91 Å². The quantitative estimate of drug-likeness (QED) is 0.347. The van der Waals surface area contributed by atoms with Gasteiger partial charge in [-0.2, -0.15) is 0 Å². The van der Waals surface area contributed by atoms with Gasteiger partial charge in [-0.25, -0.2) is 9.97 Å². The number of ether oxygens (including phenoxy) is 1. The summed E-state index contributed by atoms with van der Waals surface area (Å²) in [5.41, 5.74) is 3.09. The van der Waals surface area contributed by atoms with E-state index in [1.807, 2.05) is 60.0 Å². The molecule has 0 aliphatic rings. The van der Waals surface area contributed by atoms with Gasteiger partial charge in [-0.1, -0.05) is 48.5 Å². The summed E-state index contributed by atoms with van der Waals surface area (Å²) in [5.74, 6) is 0.516. The van der Waals surface area contributed by atoms with Crippen molar-refractivity contribution in [2.75, 3.05) is 18.6 Å². The highest BCUT2D eigenvalue weighted by Gasteiger charge is 2.23. The second kappa shape index (κ2) is 9.02. The summed E-state index contributed by atoms with van der Waals surface area (Å²) < 4.78 is 5.42. The predicted molar refractivity (Wildman–Crippen MR) is 124 cm³/mol. The molecule has 7 heteroatoms. The Kier molecular flexibility index (Phi) is 6.02. The minimum absolute atomic E-state index is 0.207. The second-order valence-electron chi connectivity index (χ2n) is 6.32. The van der Waals surface area contributed by atoms with Crippen LogP contribution in [0.1, 0.15) is 10.5 Å². The van der Waals surface area contributed by atoms with Crippen molar-refractivity contribution in [3.63, 3.8) is 0 Å². The van der Waals surface area contributed by atoms with Gasteiger partial charge in [-0.15, -0.1) is 29.3 Å². The maximum atomic E-state index is 13.2. The third-order valence-corrected chi connectivity index (χ3v) is 6.15. The summed E-state index contributed by atoms with van der Waals surface area (Å²) >= 11 is 2.84. The molecule has 0 fully saturated rings. The van der Waals surface area contributed by atoms with Crippen molar-refractivity contribution >= 4 is 33.7 Å². The van der Waals surface area contributed by atoms with Crippen LogP contribution in [-0.2, 0) is 0 Å². The van der Waals surface area contributed by atoms with Crippen LogP contribution in [0.5, 0.6) is 5.75 Å². The molecule has 0 aliphatic carbocycles. The van der Waals surface area contributed by atoms with Crippen LogP contribution < -0.4 is 9.64 Å². The Morgan fingerprint density at radius 1 is 1.07 bits per heavy atom. The molecule has 0 atom stereocenters. The van der Waals surface area contributed by atoms with Crippen LogP contribution in [0.15, 0.2) is 78.0 Å². The first-order chi connectivity index (χ1) is 14.7. The highest BCUT2D eigenvalue weighted by Crippen LogP contribution is 2.33. The Morgan fingerprint density at radius 2 is 1.83 bits per heavy atom.